The summed E-state index contributed by atoms with van der Waals surface area (Å²) in [6.07, 6.45) is 0.206. The lowest BCUT2D eigenvalue weighted by Crippen LogP contribution is -2.53. The highest BCUT2D eigenvalue weighted by molar-refractivity contribution is 6.28. The topological polar surface area (TPSA) is 99.3 Å². The van der Waals surface area contributed by atoms with Gasteiger partial charge < -0.3 is 14.5 Å². The van der Waals surface area contributed by atoms with E-state index >= 15 is 0 Å². The van der Waals surface area contributed by atoms with Crippen LogP contribution in [0.3, 0.4) is 0 Å². The molecule has 0 spiro atoms. The highest BCUT2D eigenvalue weighted by Gasteiger charge is 2.41. The SMILES string of the molecule is CC(C)(C)OC(=O)N1CCN(c2ccc3c4c(cccc24)C(=O)N3C2CCC(=O)NC2=O)CC1. The van der Waals surface area contributed by atoms with E-state index in [1.54, 1.807) is 11.0 Å². The van der Waals surface area contributed by atoms with E-state index < -0.39 is 17.6 Å². The predicted octanol–water partition coefficient (Wildman–Crippen LogP) is 2.66. The fourth-order valence-corrected chi connectivity index (χ4v) is 4.96. The number of nitrogens with zero attached hydrogens (tertiary/aromatic N) is 3. The number of piperidine rings is 1. The molecule has 2 aromatic rings. The number of carbonyl (C=O) groups excluding carboxylic acids is 4. The Labute approximate surface area is 197 Å². The second kappa shape index (κ2) is 8.00. The lowest BCUT2D eigenvalue weighted by atomic mass is 10.0. The molecule has 178 valence electrons. The minimum Gasteiger partial charge on any atom is -0.444 e. The first-order valence-electron chi connectivity index (χ1n) is 11.6. The van der Waals surface area contributed by atoms with Gasteiger partial charge in [0.15, 0.2) is 0 Å². The second-order valence-electron chi connectivity index (χ2n) is 9.93. The third-order valence-corrected chi connectivity index (χ3v) is 6.50. The number of ether oxygens (including phenoxy) is 1. The molecule has 1 N–H and O–H groups in total. The average Bonchev–Trinajstić information content (AvgIpc) is 3.06. The van der Waals surface area contributed by atoms with E-state index in [0.29, 0.717) is 43.9 Å². The summed E-state index contributed by atoms with van der Waals surface area (Å²) in [6, 6.07) is 8.78. The Morgan fingerprint density at radius 2 is 1.71 bits per heavy atom. The van der Waals surface area contributed by atoms with Crippen molar-refractivity contribution in [3.63, 3.8) is 0 Å². The van der Waals surface area contributed by atoms with Crippen LogP contribution in [0.1, 0.15) is 44.0 Å². The van der Waals surface area contributed by atoms with Crippen LogP contribution in [0.5, 0.6) is 0 Å². The van der Waals surface area contributed by atoms with Crippen molar-refractivity contribution in [1.82, 2.24) is 10.2 Å². The van der Waals surface area contributed by atoms with Crippen LogP contribution in [0.4, 0.5) is 16.2 Å². The maximum Gasteiger partial charge on any atom is 0.410 e. The number of rotatable bonds is 2. The van der Waals surface area contributed by atoms with E-state index in [0.717, 1.165) is 16.5 Å². The molecule has 2 fully saturated rings. The molecule has 0 radical (unpaired) electrons. The molecule has 5 rings (SSSR count). The van der Waals surface area contributed by atoms with Crippen LogP contribution in [0.2, 0.25) is 0 Å². The fourth-order valence-electron chi connectivity index (χ4n) is 4.96. The molecule has 0 aromatic heterocycles. The molecule has 34 heavy (non-hydrogen) atoms. The number of hydrogen-bond donors (Lipinski definition) is 1. The summed E-state index contributed by atoms with van der Waals surface area (Å²) < 4.78 is 5.50. The van der Waals surface area contributed by atoms with Crippen molar-refractivity contribution in [2.24, 2.45) is 0 Å². The third kappa shape index (κ3) is 3.74. The van der Waals surface area contributed by atoms with Crippen LogP contribution < -0.4 is 15.1 Å². The predicted molar refractivity (Wildman–Crippen MR) is 127 cm³/mol. The zero-order valence-corrected chi connectivity index (χ0v) is 19.6. The summed E-state index contributed by atoms with van der Waals surface area (Å²) in [6.45, 7) is 7.93. The standard InChI is InChI=1S/C25H28N4O5/c1-25(2,3)34-24(33)28-13-11-27(12-14-28)17-7-8-18-21-15(17)5-4-6-16(21)23(32)29(18)19-9-10-20(30)26-22(19)31/h4-8,19H,9-14H2,1-3H3,(H,26,30,31). The number of nitrogens with one attached hydrogen (secondary N) is 1. The Hall–Kier alpha value is -3.62. The van der Waals surface area contributed by atoms with Crippen molar-refractivity contribution in [1.29, 1.82) is 0 Å². The monoisotopic (exact) mass is 464 g/mol. The molecule has 2 saturated heterocycles. The summed E-state index contributed by atoms with van der Waals surface area (Å²) in [5.41, 5.74) is 1.71. The summed E-state index contributed by atoms with van der Waals surface area (Å²) >= 11 is 0. The van der Waals surface area contributed by atoms with Crippen LogP contribution in [0.15, 0.2) is 30.3 Å². The third-order valence-electron chi connectivity index (χ3n) is 6.50. The minimum atomic E-state index is -0.705. The first-order valence-corrected chi connectivity index (χ1v) is 11.6. The quantitative estimate of drug-likeness (QED) is 0.686. The van der Waals surface area contributed by atoms with Gasteiger partial charge in [0, 0.05) is 54.6 Å². The van der Waals surface area contributed by atoms with Crippen molar-refractivity contribution in [3.05, 3.63) is 35.9 Å². The highest BCUT2D eigenvalue weighted by atomic mass is 16.6. The number of benzene rings is 2. The van der Waals surface area contributed by atoms with Gasteiger partial charge in [0.1, 0.15) is 11.6 Å². The molecule has 0 aliphatic carbocycles. The van der Waals surface area contributed by atoms with Gasteiger partial charge >= 0.3 is 6.09 Å². The van der Waals surface area contributed by atoms with E-state index in [4.69, 9.17) is 4.74 Å². The number of anilines is 2. The number of hydrogen-bond acceptors (Lipinski definition) is 6. The van der Waals surface area contributed by atoms with E-state index in [-0.39, 0.29) is 24.3 Å². The molecule has 0 saturated carbocycles. The molecule has 9 nitrogen and oxygen atoms in total. The normalized spacial score (nSPS) is 20.7. The lowest BCUT2D eigenvalue weighted by Gasteiger charge is -2.37. The summed E-state index contributed by atoms with van der Waals surface area (Å²) in [5, 5.41) is 4.11. The maximum atomic E-state index is 13.3. The van der Waals surface area contributed by atoms with Crippen molar-refractivity contribution in [2.75, 3.05) is 36.0 Å². The van der Waals surface area contributed by atoms with Gasteiger partial charge in [-0.2, -0.15) is 0 Å². The molecule has 3 heterocycles. The van der Waals surface area contributed by atoms with Crippen LogP contribution in [-0.4, -0.2) is 66.5 Å². The van der Waals surface area contributed by atoms with Crippen molar-refractivity contribution in [3.8, 4) is 0 Å². The first-order chi connectivity index (χ1) is 16.1. The van der Waals surface area contributed by atoms with Gasteiger partial charge in [0.05, 0.1) is 5.69 Å². The Kier molecular flexibility index (Phi) is 5.22. The van der Waals surface area contributed by atoms with E-state index in [1.807, 2.05) is 45.0 Å². The fraction of sp³-hybridized carbons (Fsp3) is 0.440. The van der Waals surface area contributed by atoms with Gasteiger partial charge in [0.2, 0.25) is 11.8 Å². The number of amides is 4. The summed E-state index contributed by atoms with van der Waals surface area (Å²) in [7, 11) is 0. The van der Waals surface area contributed by atoms with Crippen molar-refractivity contribution >= 4 is 46.0 Å². The van der Waals surface area contributed by atoms with E-state index in [9.17, 15) is 19.2 Å². The van der Waals surface area contributed by atoms with E-state index in [2.05, 4.69) is 10.2 Å². The summed E-state index contributed by atoms with van der Waals surface area (Å²) in [4.78, 5) is 55.3. The number of piperazine rings is 1. The minimum absolute atomic E-state index is 0.208. The van der Waals surface area contributed by atoms with Gasteiger partial charge in [-0.05, 0) is 45.4 Å². The van der Waals surface area contributed by atoms with Gasteiger partial charge in [0.25, 0.3) is 5.91 Å². The number of imide groups is 1. The Morgan fingerprint density at radius 1 is 1.00 bits per heavy atom. The Balaban J connectivity index is 1.42. The van der Waals surface area contributed by atoms with Crippen LogP contribution in [0.25, 0.3) is 10.8 Å². The Bertz CT molecular complexity index is 1210. The van der Waals surface area contributed by atoms with Gasteiger partial charge in [-0.15, -0.1) is 0 Å². The largest absolute Gasteiger partial charge is 0.444 e. The molecule has 9 heteroatoms. The van der Waals surface area contributed by atoms with Crippen LogP contribution >= 0.6 is 0 Å². The molecule has 1 unspecified atom stereocenters. The molecule has 0 bridgehead atoms. The summed E-state index contributed by atoms with van der Waals surface area (Å²) in [5.74, 6) is -0.966. The lowest BCUT2D eigenvalue weighted by molar-refractivity contribution is -0.134. The molecule has 4 amide bonds. The highest BCUT2D eigenvalue weighted by Crippen LogP contribution is 2.43. The van der Waals surface area contributed by atoms with Gasteiger partial charge in [-0.1, -0.05) is 12.1 Å². The first kappa shape index (κ1) is 22.2. The molecular weight excluding hydrogens is 436 g/mol. The van der Waals surface area contributed by atoms with E-state index in [1.165, 1.54) is 4.90 Å². The molecular formula is C25H28N4O5. The molecule has 1 atom stereocenters. The van der Waals surface area contributed by atoms with Gasteiger partial charge in [-0.25, -0.2) is 4.79 Å². The molecule has 3 aliphatic rings. The average molecular weight is 465 g/mol. The zero-order valence-electron chi connectivity index (χ0n) is 19.6. The van der Waals surface area contributed by atoms with Crippen LogP contribution in [-0.2, 0) is 14.3 Å². The molecule has 3 aliphatic heterocycles. The Morgan fingerprint density at radius 3 is 2.38 bits per heavy atom. The maximum absolute atomic E-state index is 13.3. The number of carbonyl (C=O) groups is 4. The zero-order chi connectivity index (χ0) is 24.2. The van der Waals surface area contributed by atoms with Crippen LogP contribution in [0, 0.1) is 0 Å². The van der Waals surface area contributed by atoms with Gasteiger partial charge in [-0.3, -0.25) is 24.6 Å². The smallest absolute Gasteiger partial charge is 0.410 e. The molecule has 2 aromatic carbocycles. The van der Waals surface area contributed by atoms with Crippen molar-refractivity contribution < 1.29 is 23.9 Å². The second-order valence-corrected chi connectivity index (χ2v) is 9.93. The van der Waals surface area contributed by atoms with Crippen molar-refractivity contribution in [2.45, 2.75) is 45.3 Å².